The van der Waals surface area contributed by atoms with Crippen molar-refractivity contribution in [1.29, 1.82) is 0 Å². The number of rotatable bonds is 9. The molecule has 0 saturated carbocycles. The van der Waals surface area contributed by atoms with Crippen LogP contribution < -0.4 is 0 Å². The zero-order chi connectivity index (χ0) is 23.4. The first-order valence-corrected chi connectivity index (χ1v) is 13.8. The van der Waals surface area contributed by atoms with Gasteiger partial charge in [0.05, 0.1) is 23.5 Å². The number of carbonyl (C=O) groups is 1. The molecule has 1 aromatic carbocycles. The van der Waals surface area contributed by atoms with Gasteiger partial charge < -0.3 is 9.32 Å². The molecule has 3 heterocycles. The van der Waals surface area contributed by atoms with E-state index >= 15 is 0 Å². The molecule has 0 unspecified atom stereocenters. The van der Waals surface area contributed by atoms with E-state index in [1.54, 1.807) is 17.2 Å². The van der Waals surface area contributed by atoms with Gasteiger partial charge in [-0.25, -0.2) is 8.42 Å². The maximum atomic E-state index is 13.3. The van der Waals surface area contributed by atoms with E-state index in [1.807, 2.05) is 41.0 Å². The molecule has 0 N–H and O–H groups in total. The van der Waals surface area contributed by atoms with Gasteiger partial charge in [-0.1, -0.05) is 55.9 Å². The summed E-state index contributed by atoms with van der Waals surface area (Å²) in [5.41, 5.74) is 0.975. The van der Waals surface area contributed by atoms with Crippen LogP contribution in [0.5, 0.6) is 0 Å². The Morgan fingerprint density at radius 3 is 2.64 bits per heavy atom. The summed E-state index contributed by atoms with van der Waals surface area (Å²) in [6.07, 6.45) is 2.06. The van der Waals surface area contributed by atoms with Crippen LogP contribution in [0.1, 0.15) is 25.8 Å². The predicted molar refractivity (Wildman–Crippen MR) is 127 cm³/mol. The molecular weight excluding hydrogens is 460 g/mol. The zero-order valence-electron chi connectivity index (χ0n) is 18.8. The van der Waals surface area contributed by atoms with E-state index in [0.29, 0.717) is 42.2 Å². The predicted octanol–water partition coefficient (Wildman–Crippen LogP) is 3.50. The van der Waals surface area contributed by atoms with Crippen LogP contribution in [-0.4, -0.2) is 57.3 Å². The average Bonchev–Trinajstić information content (AvgIpc) is 3.51. The number of hydrogen-bond donors (Lipinski definition) is 0. The second kappa shape index (κ2) is 10.1. The molecule has 1 atom stereocenters. The fourth-order valence-corrected chi connectivity index (χ4v) is 6.51. The Hall–Kier alpha value is -2.59. The molecule has 1 amide bonds. The molecule has 1 fully saturated rings. The van der Waals surface area contributed by atoms with E-state index in [2.05, 4.69) is 24.0 Å². The van der Waals surface area contributed by atoms with E-state index in [-0.39, 0.29) is 29.2 Å². The highest BCUT2D eigenvalue weighted by atomic mass is 32.2. The number of sulfone groups is 1. The summed E-state index contributed by atoms with van der Waals surface area (Å²) in [4.78, 5) is 15.0. The second-order valence-corrected chi connectivity index (χ2v) is 11.8. The second-order valence-electron chi connectivity index (χ2n) is 8.64. The lowest BCUT2D eigenvalue weighted by molar-refractivity contribution is -0.130. The summed E-state index contributed by atoms with van der Waals surface area (Å²) in [6, 6.07) is 13.0. The van der Waals surface area contributed by atoms with Crippen molar-refractivity contribution in [3.05, 3.63) is 54.3 Å². The molecule has 0 spiro atoms. The Bertz CT molecular complexity index is 1170. The van der Waals surface area contributed by atoms with Crippen LogP contribution in [-0.2, 0) is 27.7 Å². The summed E-state index contributed by atoms with van der Waals surface area (Å²) in [7, 11) is -3.11. The van der Waals surface area contributed by atoms with E-state index in [0.717, 1.165) is 5.56 Å². The molecule has 8 nitrogen and oxygen atoms in total. The van der Waals surface area contributed by atoms with Crippen LogP contribution in [0.15, 0.2) is 58.3 Å². The first-order valence-electron chi connectivity index (χ1n) is 11.0. The number of nitrogens with zero attached hydrogens (tertiary/aromatic N) is 4. The number of thioether (sulfide) groups is 1. The Balaban J connectivity index is 1.52. The van der Waals surface area contributed by atoms with Gasteiger partial charge in [-0.3, -0.25) is 9.36 Å². The van der Waals surface area contributed by atoms with Crippen molar-refractivity contribution >= 4 is 27.5 Å². The van der Waals surface area contributed by atoms with Gasteiger partial charge in [0.1, 0.15) is 0 Å². The Morgan fingerprint density at radius 1 is 1.21 bits per heavy atom. The molecule has 0 radical (unpaired) electrons. The molecule has 1 aliphatic rings. The first kappa shape index (κ1) is 23.6. The van der Waals surface area contributed by atoms with Gasteiger partial charge in [-0.05, 0) is 30.0 Å². The lowest BCUT2D eigenvalue weighted by atomic mass is 10.1. The molecule has 1 aliphatic heterocycles. The summed E-state index contributed by atoms with van der Waals surface area (Å²) in [6.45, 7) is 5.28. The van der Waals surface area contributed by atoms with E-state index < -0.39 is 9.84 Å². The lowest BCUT2D eigenvalue weighted by Crippen LogP contribution is -2.41. The van der Waals surface area contributed by atoms with Gasteiger partial charge in [0.15, 0.2) is 26.6 Å². The molecule has 176 valence electrons. The number of carbonyl (C=O) groups excluding carboxylic acids is 1. The van der Waals surface area contributed by atoms with Crippen LogP contribution in [0.3, 0.4) is 0 Å². The minimum Gasteiger partial charge on any atom is -0.461 e. The quantitative estimate of drug-likeness (QED) is 0.425. The van der Waals surface area contributed by atoms with Gasteiger partial charge in [0.25, 0.3) is 0 Å². The Kier molecular flexibility index (Phi) is 7.23. The van der Waals surface area contributed by atoms with Gasteiger partial charge in [-0.2, -0.15) is 0 Å². The molecule has 2 aromatic heterocycles. The fourth-order valence-electron chi connectivity index (χ4n) is 3.94. The van der Waals surface area contributed by atoms with Crippen molar-refractivity contribution in [3.8, 4) is 11.6 Å². The fraction of sp³-hybridized carbons (Fsp3) is 0.435. The van der Waals surface area contributed by atoms with Crippen molar-refractivity contribution in [2.75, 3.05) is 17.3 Å². The number of furan rings is 1. The number of amides is 1. The average molecular weight is 489 g/mol. The van der Waals surface area contributed by atoms with Crippen LogP contribution >= 0.6 is 11.8 Å². The molecule has 10 heteroatoms. The smallest absolute Gasteiger partial charge is 0.233 e. The lowest BCUT2D eigenvalue weighted by Gasteiger charge is -2.28. The number of benzene rings is 1. The maximum Gasteiger partial charge on any atom is 0.233 e. The molecular formula is C23H28N4O4S2. The summed E-state index contributed by atoms with van der Waals surface area (Å²) in [5, 5.41) is 9.24. The molecule has 0 aliphatic carbocycles. The normalized spacial score (nSPS) is 17.5. The Morgan fingerprint density at radius 2 is 2.00 bits per heavy atom. The minimum atomic E-state index is -3.11. The maximum absolute atomic E-state index is 13.3. The topological polar surface area (TPSA) is 98.3 Å². The highest BCUT2D eigenvalue weighted by Gasteiger charge is 2.34. The van der Waals surface area contributed by atoms with Gasteiger partial charge >= 0.3 is 0 Å². The Labute approximate surface area is 198 Å². The van der Waals surface area contributed by atoms with Gasteiger partial charge in [0.2, 0.25) is 5.91 Å². The van der Waals surface area contributed by atoms with Crippen LogP contribution in [0.25, 0.3) is 11.6 Å². The molecule has 0 bridgehead atoms. The largest absolute Gasteiger partial charge is 0.461 e. The third kappa shape index (κ3) is 5.86. The standard InChI is InChI=1S/C23H28N4O4S2/c1-17(2)13-27-22(20-9-6-11-31-20)24-25-23(27)32-15-21(28)26(14-18-7-4-3-5-8-18)19-10-12-33(29,30)16-19/h3-9,11,17,19H,10,12-16H2,1-2H3/t19-/m1/s1. The molecule has 33 heavy (non-hydrogen) atoms. The van der Waals surface area contributed by atoms with Gasteiger partial charge in [0, 0.05) is 19.1 Å². The third-order valence-electron chi connectivity index (χ3n) is 5.50. The number of aromatic nitrogens is 3. The van der Waals surface area contributed by atoms with Crippen LogP contribution in [0.4, 0.5) is 0 Å². The van der Waals surface area contributed by atoms with Crippen molar-refractivity contribution in [1.82, 2.24) is 19.7 Å². The van der Waals surface area contributed by atoms with Crippen molar-refractivity contribution in [2.45, 2.75) is 44.6 Å². The minimum absolute atomic E-state index is 0.0163. The van der Waals surface area contributed by atoms with E-state index in [4.69, 9.17) is 4.42 Å². The van der Waals surface area contributed by atoms with Crippen LogP contribution in [0, 0.1) is 5.92 Å². The molecule has 3 aromatic rings. The van der Waals surface area contributed by atoms with Crippen molar-refractivity contribution in [3.63, 3.8) is 0 Å². The van der Waals surface area contributed by atoms with Crippen molar-refractivity contribution < 1.29 is 17.6 Å². The molecule has 4 rings (SSSR count). The summed E-state index contributed by atoms with van der Waals surface area (Å²) in [5.74, 6) is 1.79. The molecule has 1 saturated heterocycles. The highest BCUT2D eigenvalue weighted by molar-refractivity contribution is 7.99. The highest BCUT2D eigenvalue weighted by Crippen LogP contribution is 2.27. The summed E-state index contributed by atoms with van der Waals surface area (Å²) >= 11 is 1.32. The van der Waals surface area contributed by atoms with Crippen LogP contribution in [0.2, 0.25) is 0 Å². The third-order valence-corrected chi connectivity index (χ3v) is 8.20. The van der Waals surface area contributed by atoms with E-state index in [9.17, 15) is 13.2 Å². The number of hydrogen-bond acceptors (Lipinski definition) is 7. The SMILES string of the molecule is CC(C)Cn1c(SCC(=O)N(Cc2ccccc2)[C@@H]2CCS(=O)(=O)C2)nnc1-c1ccco1. The van der Waals surface area contributed by atoms with Gasteiger partial charge in [-0.15, -0.1) is 10.2 Å². The summed E-state index contributed by atoms with van der Waals surface area (Å²) < 4.78 is 31.7. The monoisotopic (exact) mass is 488 g/mol. The first-order chi connectivity index (χ1) is 15.8. The zero-order valence-corrected chi connectivity index (χ0v) is 20.4. The van der Waals surface area contributed by atoms with Crippen molar-refractivity contribution in [2.24, 2.45) is 5.92 Å². The van der Waals surface area contributed by atoms with E-state index in [1.165, 1.54) is 11.8 Å².